The van der Waals surface area contributed by atoms with Gasteiger partial charge < -0.3 is 10.1 Å². The molecule has 4 rings (SSSR count). The van der Waals surface area contributed by atoms with Crippen LogP contribution in [0, 0.1) is 5.92 Å². The number of rotatable bonds is 7. The highest BCUT2D eigenvalue weighted by molar-refractivity contribution is 7.94. The number of hydrogen-bond donors (Lipinski definition) is 1. The van der Waals surface area contributed by atoms with E-state index in [9.17, 15) is 13.2 Å². The van der Waals surface area contributed by atoms with Crippen LogP contribution in [0.15, 0.2) is 58.4 Å². The van der Waals surface area contributed by atoms with E-state index in [0.29, 0.717) is 17.9 Å². The number of sulfone groups is 1. The Labute approximate surface area is 194 Å². The number of carbonyl (C=O) groups excluding carboxylic acids is 1. The minimum atomic E-state index is -3.14. The van der Waals surface area contributed by atoms with Crippen LogP contribution in [-0.2, 0) is 14.6 Å². The molecule has 1 aromatic rings. The van der Waals surface area contributed by atoms with E-state index in [0.717, 1.165) is 44.1 Å². The van der Waals surface area contributed by atoms with Crippen LogP contribution in [-0.4, -0.2) is 64.9 Å². The third kappa shape index (κ3) is 5.86. The van der Waals surface area contributed by atoms with Gasteiger partial charge in [-0.3, -0.25) is 9.69 Å². The summed E-state index contributed by atoms with van der Waals surface area (Å²) in [7, 11) is -3.14. The Morgan fingerprint density at radius 1 is 1.16 bits per heavy atom. The molecule has 1 aliphatic heterocycles. The molecule has 32 heavy (non-hydrogen) atoms. The summed E-state index contributed by atoms with van der Waals surface area (Å²) in [4.78, 5) is 16.0. The Balaban J connectivity index is 1.27. The lowest BCUT2D eigenvalue weighted by Crippen LogP contribution is -2.41. The number of allylic oxidation sites excluding steroid dienone is 7. The molecule has 0 saturated carbocycles. The van der Waals surface area contributed by atoms with Gasteiger partial charge in [-0.25, -0.2) is 8.42 Å². The molecular weight excluding hydrogens is 444 g/mol. The number of ether oxygens (including phenoxy) is 1. The first-order chi connectivity index (χ1) is 15.4. The van der Waals surface area contributed by atoms with E-state index in [4.69, 9.17) is 4.74 Å². The number of morpholine rings is 1. The summed E-state index contributed by atoms with van der Waals surface area (Å²) in [6.45, 7) is 4.88. The molecule has 2 aliphatic carbocycles. The van der Waals surface area contributed by atoms with Crippen LogP contribution >= 0.6 is 11.3 Å². The van der Waals surface area contributed by atoms with E-state index < -0.39 is 9.84 Å². The van der Waals surface area contributed by atoms with Crippen molar-refractivity contribution in [2.75, 3.05) is 45.6 Å². The first-order valence-electron chi connectivity index (χ1n) is 11.0. The van der Waals surface area contributed by atoms with Crippen LogP contribution in [0.1, 0.15) is 34.0 Å². The topological polar surface area (TPSA) is 75.7 Å². The van der Waals surface area contributed by atoms with E-state index >= 15 is 0 Å². The summed E-state index contributed by atoms with van der Waals surface area (Å²) >= 11 is 1.49. The quantitative estimate of drug-likeness (QED) is 0.656. The summed E-state index contributed by atoms with van der Waals surface area (Å²) in [6.07, 6.45) is 14.9. The van der Waals surface area contributed by atoms with Gasteiger partial charge in [-0.05, 0) is 41.5 Å². The van der Waals surface area contributed by atoms with Crippen LogP contribution < -0.4 is 5.32 Å². The molecule has 2 unspecified atom stereocenters. The molecule has 172 valence electrons. The average Bonchev–Trinajstić information content (AvgIpc) is 3.30. The summed E-state index contributed by atoms with van der Waals surface area (Å²) in [5.41, 5.74) is 2.39. The van der Waals surface area contributed by atoms with Crippen molar-refractivity contribution in [1.82, 2.24) is 10.2 Å². The van der Waals surface area contributed by atoms with E-state index in [-0.39, 0.29) is 17.7 Å². The highest BCUT2D eigenvalue weighted by Crippen LogP contribution is 2.34. The molecule has 1 amide bonds. The first-order valence-corrected chi connectivity index (χ1v) is 13.8. The second-order valence-corrected chi connectivity index (χ2v) is 11.4. The molecule has 2 atom stereocenters. The number of nitrogens with one attached hydrogen (secondary N) is 1. The van der Waals surface area contributed by atoms with Gasteiger partial charge in [0.25, 0.3) is 5.91 Å². The molecule has 0 spiro atoms. The summed E-state index contributed by atoms with van der Waals surface area (Å²) in [6, 6.07) is 2.00. The minimum absolute atomic E-state index is 0.00802. The van der Waals surface area contributed by atoms with Crippen molar-refractivity contribution in [3.63, 3.8) is 0 Å². The predicted molar refractivity (Wildman–Crippen MR) is 129 cm³/mol. The van der Waals surface area contributed by atoms with Crippen molar-refractivity contribution >= 4 is 27.1 Å². The monoisotopic (exact) mass is 474 g/mol. The summed E-state index contributed by atoms with van der Waals surface area (Å²) in [5.74, 6) is 0.471. The first kappa shape index (κ1) is 23.2. The third-order valence-corrected chi connectivity index (χ3v) is 8.25. The zero-order chi connectivity index (χ0) is 22.6. The van der Waals surface area contributed by atoms with Crippen molar-refractivity contribution in [2.45, 2.75) is 18.8 Å². The SMILES string of the molecule is CS(=O)(=O)C1=CCC(C2=CCC(c3csc(C(=O)NCCN4CCOCC4)c3)C=C2)C=C1. The second-order valence-electron chi connectivity index (χ2n) is 8.44. The zero-order valence-corrected chi connectivity index (χ0v) is 20.0. The number of hydrogen-bond acceptors (Lipinski definition) is 6. The van der Waals surface area contributed by atoms with E-state index in [1.807, 2.05) is 18.2 Å². The summed E-state index contributed by atoms with van der Waals surface area (Å²) in [5, 5.41) is 5.11. The Morgan fingerprint density at radius 2 is 1.91 bits per heavy atom. The maximum atomic E-state index is 12.5. The lowest BCUT2D eigenvalue weighted by atomic mass is 9.84. The highest BCUT2D eigenvalue weighted by Gasteiger charge is 2.21. The lowest BCUT2D eigenvalue weighted by molar-refractivity contribution is 0.0383. The average molecular weight is 475 g/mol. The fraction of sp³-hybridized carbons (Fsp3) is 0.458. The molecule has 1 aromatic heterocycles. The molecule has 0 bridgehead atoms. The van der Waals surface area contributed by atoms with Gasteiger partial charge in [0.05, 0.1) is 23.0 Å². The van der Waals surface area contributed by atoms with Crippen molar-refractivity contribution in [1.29, 1.82) is 0 Å². The Kier molecular flexibility index (Phi) is 7.45. The molecular formula is C24H30N2O4S2. The van der Waals surface area contributed by atoms with Gasteiger partial charge >= 0.3 is 0 Å². The van der Waals surface area contributed by atoms with Crippen LogP contribution in [0.4, 0.5) is 0 Å². The van der Waals surface area contributed by atoms with Gasteiger partial charge in [0, 0.05) is 44.3 Å². The van der Waals surface area contributed by atoms with Gasteiger partial charge in [0.15, 0.2) is 9.84 Å². The smallest absolute Gasteiger partial charge is 0.261 e. The molecule has 6 nitrogen and oxygen atoms in total. The number of thiophene rings is 1. The second kappa shape index (κ2) is 10.3. The van der Waals surface area contributed by atoms with Crippen molar-refractivity contribution in [3.8, 4) is 0 Å². The molecule has 1 N–H and O–H groups in total. The van der Waals surface area contributed by atoms with Gasteiger partial charge in [0.2, 0.25) is 0 Å². The molecule has 1 fully saturated rings. The summed E-state index contributed by atoms with van der Waals surface area (Å²) < 4.78 is 28.7. The Bertz CT molecular complexity index is 1060. The largest absolute Gasteiger partial charge is 0.379 e. The van der Waals surface area contributed by atoms with Crippen LogP contribution in [0.3, 0.4) is 0 Å². The molecule has 8 heteroatoms. The van der Waals surface area contributed by atoms with Gasteiger partial charge in [-0.15, -0.1) is 11.3 Å². The van der Waals surface area contributed by atoms with Gasteiger partial charge in [-0.1, -0.05) is 30.4 Å². The van der Waals surface area contributed by atoms with E-state index in [1.54, 1.807) is 6.08 Å². The van der Waals surface area contributed by atoms with Crippen molar-refractivity contribution < 1.29 is 17.9 Å². The number of nitrogens with zero attached hydrogens (tertiary/aromatic N) is 1. The van der Waals surface area contributed by atoms with Crippen LogP contribution in [0.5, 0.6) is 0 Å². The standard InChI is InChI=1S/C24H30N2O4S2/c1-32(28,29)22-8-6-19(7-9-22)18-2-4-20(5-3-18)21-16-23(31-17-21)24(27)25-10-11-26-12-14-30-15-13-26/h2-4,6,8-9,16-17,19-20H,5,7,10-15H2,1H3,(H,25,27). The van der Waals surface area contributed by atoms with E-state index in [2.05, 4.69) is 33.8 Å². The van der Waals surface area contributed by atoms with Gasteiger partial charge in [0.1, 0.15) is 0 Å². The van der Waals surface area contributed by atoms with E-state index in [1.165, 1.54) is 28.7 Å². The molecule has 1 saturated heterocycles. The minimum Gasteiger partial charge on any atom is -0.379 e. The fourth-order valence-electron chi connectivity index (χ4n) is 4.19. The van der Waals surface area contributed by atoms with Crippen LogP contribution in [0.25, 0.3) is 0 Å². The fourth-order valence-corrected chi connectivity index (χ4v) is 5.80. The van der Waals surface area contributed by atoms with Crippen molar-refractivity contribution in [2.24, 2.45) is 5.92 Å². The molecule has 0 radical (unpaired) electrons. The maximum absolute atomic E-state index is 12.5. The molecule has 0 aromatic carbocycles. The molecule has 2 heterocycles. The number of carbonyl (C=O) groups is 1. The normalized spacial score (nSPS) is 24.2. The van der Waals surface area contributed by atoms with Crippen molar-refractivity contribution in [3.05, 3.63) is 68.8 Å². The number of amides is 1. The van der Waals surface area contributed by atoms with Crippen LogP contribution in [0.2, 0.25) is 0 Å². The molecule has 3 aliphatic rings. The van der Waals surface area contributed by atoms with Gasteiger partial charge in [-0.2, -0.15) is 0 Å². The Hall–Kier alpha value is -2.00. The maximum Gasteiger partial charge on any atom is 0.261 e. The Morgan fingerprint density at radius 3 is 2.56 bits per heavy atom. The predicted octanol–water partition coefficient (Wildman–Crippen LogP) is 3.28. The highest BCUT2D eigenvalue weighted by atomic mass is 32.2. The lowest BCUT2D eigenvalue weighted by Gasteiger charge is -2.26. The third-order valence-electron chi connectivity index (χ3n) is 6.14. The zero-order valence-electron chi connectivity index (χ0n) is 18.3.